The van der Waals surface area contributed by atoms with E-state index in [1.807, 2.05) is 6.92 Å². The lowest BCUT2D eigenvalue weighted by Crippen LogP contribution is -2.30. The average molecular weight is 354 g/mol. The molecule has 2 N–H and O–H groups in total. The summed E-state index contributed by atoms with van der Waals surface area (Å²) in [6, 6.07) is 9.84. The van der Waals surface area contributed by atoms with E-state index in [0.717, 1.165) is 10.5 Å². The van der Waals surface area contributed by atoms with Crippen LogP contribution in [0.4, 0.5) is 10.5 Å². The summed E-state index contributed by atoms with van der Waals surface area (Å²) in [6.07, 6.45) is 1.44. The first-order valence-electron chi connectivity index (χ1n) is 8.14. The van der Waals surface area contributed by atoms with Crippen LogP contribution in [-0.4, -0.2) is 40.9 Å². The fraction of sp³-hybridized carbons (Fsp3) is 0.222. The van der Waals surface area contributed by atoms with Gasteiger partial charge in [-0.15, -0.1) is 0 Å². The first-order chi connectivity index (χ1) is 12.6. The minimum atomic E-state index is -0.412. The lowest BCUT2D eigenvalue weighted by atomic mass is 10.1. The van der Waals surface area contributed by atoms with Gasteiger partial charge in [0, 0.05) is 18.0 Å². The number of urea groups is 1. The van der Waals surface area contributed by atoms with Crippen molar-refractivity contribution in [3.63, 3.8) is 0 Å². The third kappa shape index (κ3) is 3.97. The molecule has 3 rings (SSSR count). The fourth-order valence-corrected chi connectivity index (χ4v) is 2.50. The smallest absolute Gasteiger partial charge is 0.324 e. The van der Waals surface area contributed by atoms with Crippen molar-refractivity contribution in [3.8, 4) is 5.88 Å². The van der Waals surface area contributed by atoms with Crippen molar-refractivity contribution in [2.24, 2.45) is 0 Å². The molecule has 8 nitrogen and oxygen atoms in total. The number of amides is 4. The van der Waals surface area contributed by atoms with E-state index in [0.29, 0.717) is 23.7 Å². The standard InChI is InChI=1S/C18H18N4O4/c1-2-26-15-7-6-13(9-19-15)17(24)21-14-5-3-4-12(8-14)11-22-16(23)10-20-18(22)25/h3-9H,2,10-11H2,1H3,(H,20,25)(H,21,24). The number of hydrogen-bond donors (Lipinski definition) is 2. The molecule has 1 aromatic heterocycles. The molecule has 134 valence electrons. The summed E-state index contributed by atoms with van der Waals surface area (Å²) >= 11 is 0. The molecule has 4 amide bonds. The van der Waals surface area contributed by atoms with E-state index in [1.165, 1.54) is 6.20 Å². The zero-order valence-corrected chi connectivity index (χ0v) is 14.2. The lowest BCUT2D eigenvalue weighted by molar-refractivity contribution is -0.125. The first kappa shape index (κ1) is 17.4. The molecule has 2 heterocycles. The molecule has 0 atom stereocenters. The van der Waals surface area contributed by atoms with Gasteiger partial charge in [-0.2, -0.15) is 0 Å². The molecule has 0 spiro atoms. The number of nitrogens with zero attached hydrogens (tertiary/aromatic N) is 2. The second-order valence-corrected chi connectivity index (χ2v) is 5.61. The number of imide groups is 1. The van der Waals surface area contributed by atoms with E-state index in [-0.39, 0.29) is 24.9 Å². The van der Waals surface area contributed by atoms with Crippen molar-refractivity contribution in [1.82, 2.24) is 15.2 Å². The quantitative estimate of drug-likeness (QED) is 0.770. The van der Waals surface area contributed by atoms with E-state index in [1.54, 1.807) is 36.4 Å². The molecule has 8 heteroatoms. The van der Waals surface area contributed by atoms with Crippen LogP contribution in [0.2, 0.25) is 0 Å². The highest BCUT2D eigenvalue weighted by atomic mass is 16.5. The average Bonchev–Trinajstić information content (AvgIpc) is 2.95. The van der Waals surface area contributed by atoms with Crippen molar-refractivity contribution in [2.75, 3.05) is 18.5 Å². The Labute approximate surface area is 150 Å². The van der Waals surface area contributed by atoms with Gasteiger partial charge in [0.1, 0.15) is 0 Å². The van der Waals surface area contributed by atoms with Gasteiger partial charge in [-0.05, 0) is 30.7 Å². The van der Waals surface area contributed by atoms with Crippen molar-refractivity contribution in [2.45, 2.75) is 13.5 Å². The largest absolute Gasteiger partial charge is 0.478 e. The Hall–Kier alpha value is -3.42. The topological polar surface area (TPSA) is 101 Å². The van der Waals surface area contributed by atoms with Gasteiger partial charge >= 0.3 is 6.03 Å². The van der Waals surface area contributed by atoms with E-state index >= 15 is 0 Å². The molecule has 0 saturated carbocycles. The van der Waals surface area contributed by atoms with Gasteiger partial charge < -0.3 is 15.4 Å². The Morgan fingerprint density at radius 1 is 1.31 bits per heavy atom. The van der Waals surface area contributed by atoms with Crippen LogP contribution in [0.3, 0.4) is 0 Å². The number of aromatic nitrogens is 1. The summed E-state index contributed by atoms with van der Waals surface area (Å²) in [4.78, 5) is 40.8. The van der Waals surface area contributed by atoms with Gasteiger partial charge in [0.25, 0.3) is 5.91 Å². The minimum absolute atomic E-state index is 0.0139. The van der Waals surface area contributed by atoms with Gasteiger partial charge in [0.2, 0.25) is 11.8 Å². The molecule has 0 bridgehead atoms. The van der Waals surface area contributed by atoms with Crippen LogP contribution in [0, 0.1) is 0 Å². The molecule has 0 unspecified atom stereocenters. The van der Waals surface area contributed by atoms with Gasteiger partial charge in [0.15, 0.2) is 0 Å². The Balaban J connectivity index is 1.67. The number of pyridine rings is 1. The number of nitrogens with one attached hydrogen (secondary N) is 2. The zero-order chi connectivity index (χ0) is 18.5. The van der Waals surface area contributed by atoms with Gasteiger partial charge in [-0.3, -0.25) is 14.5 Å². The number of carbonyl (C=O) groups is 3. The van der Waals surface area contributed by atoms with Crippen LogP contribution in [0.25, 0.3) is 0 Å². The Kier molecular flexibility index (Phi) is 5.12. The summed E-state index contributed by atoms with van der Waals surface area (Å²) in [6.45, 7) is 2.52. The molecule has 26 heavy (non-hydrogen) atoms. The zero-order valence-electron chi connectivity index (χ0n) is 14.2. The summed E-state index contributed by atoms with van der Waals surface area (Å²) in [5, 5.41) is 5.25. The summed E-state index contributed by atoms with van der Waals surface area (Å²) in [7, 11) is 0. The van der Waals surface area contributed by atoms with Crippen LogP contribution in [-0.2, 0) is 11.3 Å². The molecule has 2 aromatic rings. The van der Waals surface area contributed by atoms with Crippen molar-refractivity contribution < 1.29 is 19.1 Å². The number of benzene rings is 1. The van der Waals surface area contributed by atoms with E-state index in [4.69, 9.17) is 4.74 Å². The molecule has 1 aliphatic rings. The van der Waals surface area contributed by atoms with Crippen LogP contribution < -0.4 is 15.4 Å². The third-order valence-corrected chi connectivity index (χ3v) is 3.75. The van der Waals surface area contributed by atoms with Crippen LogP contribution in [0.5, 0.6) is 5.88 Å². The predicted molar refractivity (Wildman–Crippen MR) is 93.7 cm³/mol. The SMILES string of the molecule is CCOc1ccc(C(=O)Nc2cccc(CN3C(=O)CNC3=O)c2)cn1. The van der Waals surface area contributed by atoms with Crippen molar-refractivity contribution in [3.05, 3.63) is 53.7 Å². The molecule has 0 aliphatic carbocycles. The highest BCUT2D eigenvalue weighted by Gasteiger charge is 2.28. The van der Waals surface area contributed by atoms with Crippen LogP contribution in [0.15, 0.2) is 42.6 Å². The van der Waals surface area contributed by atoms with Gasteiger partial charge in [-0.1, -0.05) is 12.1 Å². The number of rotatable bonds is 6. The molecular formula is C18H18N4O4. The van der Waals surface area contributed by atoms with Gasteiger partial charge in [-0.25, -0.2) is 9.78 Å². The van der Waals surface area contributed by atoms with Crippen molar-refractivity contribution in [1.29, 1.82) is 0 Å². The van der Waals surface area contributed by atoms with Crippen molar-refractivity contribution >= 4 is 23.5 Å². The monoisotopic (exact) mass is 354 g/mol. The van der Waals surface area contributed by atoms with E-state index in [2.05, 4.69) is 15.6 Å². The maximum Gasteiger partial charge on any atom is 0.324 e. The number of anilines is 1. The molecular weight excluding hydrogens is 336 g/mol. The van der Waals surface area contributed by atoms with Crippen LogP contribution >= 0.6 is 0 Å². The predicted octanol–water partition coefficient (Wildman–Crippen LogP) is 1.78. The first-order valence-corrected chi connectivity index (χ1v) is 8.14. The molecule has 1 aromatic carbocycles. The normalized spacial score (nSPS) is 13.5. The second kappa shape index (κ2) is 7.64. The Morgan fingerprint density at radius 3 is 2.81 bits per heavy atom. The molecule has 0 radical (unpaired) electrons. The van der Waals surface area contributed by atoms with Crippen LogP contribution in [0.1, 0.15) is 22.8 Å². The Bertz CT molecular complexity index is 819. The summed E-state index contributed by atoms with van der Waals surface area (Å²) in [5.41, 5.74) is 1.69. The number of carbonyl (C=O) groups excluding carboxylic acids is 3. The molecule has 1 saturated heterocycles. The van der Waals surface area contributed by atoms with Gasteiger partial charge in [0.05, 0.1) is 25.3 Å². The highest BCUT2D eigenvalue weighted by molar-refractivity contribution is 6.04. The number of ether oxygens (including phenoxy) is 1. The Morgan fingerprint density at radius 2 is 2.15 bits per heavy atom. The fourth-order valence-electron chi connectivity index (χ4n) is 2.50. The minimum Gasteiger partial charge on any atom is -0.478 e. The third-order valence-electron chi connectivity index (χ3n) is 3.75. The highest BCUT2D eigenvalue weighted by Crippen LogP contribution is 2.16. The van der Waals surface area contributed by atoms with E-state index < -0.39 is 6.03 Å². The lowest BCUT2D eigenvalue weighted by Gasteiger charge is -2.13. The second-order valence-electron chi connectivity index (χ2n) is 5.61. The maximum atomic E-state index is 12.3. The maximum absolute atomic E-state index is 12.3. The summed E-state index contributed by atoms with van der Waals surface area (Å²) < 4.78 is 5.25. The summed E-state index contributed by atoms with van der Waals surface area (Å²) in [5.74, 6) is -0.128. The number of hydrogen-bond acceptors (Lipinski definition) is 5. The molecule has 1 aliphatic heterocycles. The van der Waals surface area contributed by atoms with E-state index in [9.17, 15) is 14.4 Å². The molecule has 1 fully saturated rings.